The number of nitrogens with zero attached hydrogens (tertiary/aromatic N) is 2. The molecule has 3 nitrogen and oxygen atoms in total. The van der Waals surface area contributed by atoms with Crippen LogP contribution >= 0.6 is 11.6 Å². The van der Waals surface area contributed by atoms with Gasteiger partial charge in [0.25, 0.3) is 0 Å². The Balaban J connectivity index is 2.58. The van der Waals surface area contributed by atoms with Gasteiger partial charge in [0, 0.05) is 10.9 Å². The Morgan fingerprint density at radius 1 is 1.30 bits per heavy atom. The molecule has 0 N–H and O–H groups in total. The Morgan fingerprint density at radius 2 is 1.95 bits per heavy atom. The largest absolute Gasteiger partial charge is 0.236 e. The highest BCUT2D eigenvalue weighted by molar-refractivity contribution is 7.85. The number of fused-ring (bicyclic) bond motifs is 1. The summed E-state index contributed by atoms with van der Waals surface area (Å²) < 4.78 is 16.1. The van der Waals surface area contributed by atoms with Gasteiger partial charge in [-0.05, 0) is 39.8 Å². The average molecular weight is 309 g/mol. The SMILES string of the molecule is CC(=NS(=O)C(C)(C)C)c1cc(Cl)nc2ccccc12. The molecule has 0 saturated carbocycles. The van der Waals surface area contributed by atoms with Crippen LogP contribution in [0.4, 0.5) is 0 Å². The van der Waals surface area contributed by atoms with Crippen LogP contribution < -0.4 is 0 Å². The molecule has 1 atom stereocenters. The minimum absolute atomic E-state index is 0.381. The normalized spacial score (nSPS) is 14.6. The molecule has 20 heavy (non-hydrogen) atoms. The molecule has 1 aromatic heterocycles. The molecule has 0 amide bonds. The van der Waals surface area contributed by atoms with Crippen molar-refractivity contribution in [3.8, 4) is 0 Å². The Bertz CT molecular complexity index is 705. The van der Waals surface area contributed by atoms with Gasteiger partial charge in [0.05, 0.1) is 16.0 Å². The maximum absolute atomic E-state index is 12.1. The monoisotopic (exact) mass is 308 g/mol. The van der Waals surface area contributed by atoms with Crippen LogP contribution in [-0.2, 0) is 11.0 Å². The molecule has 5 heteroatoms. The molecule has 0 bridgehead atoms. The van der Waals surface area contributed by atoms with Crippen LogP contribution in [0.5, 0.6) is 0 Å². The van der Waals surface area contributed by atoms with E-state index in [-0.39, 0.29) is 4.75 Å². The molecule has 0 radical (unpaired) electrons. The Labute approximate surface area is 126 Å². The van der Waals surface area contributed by atoms with E-state index in [4.69, 9.17) is 11.6 Å². The summed E-state index contributed by atoms with van der Waals surface area (Å²) in [4.78, 5) is 4.28. The van der Waals surface area contributed by atoms with Crippen LogP contribution in [0, 0.1) is 0 Å². The number of benzene rings is 1. The van der Waals surface area contributed by atoms with E-state index >= 15 is 0 Å². The lowest BCUT2D eigenvalue weighted by Crippen LogP contribution is -2.20. The number of pyridine rings is 1. The van der Waals surface area contributed by atoms with Gasteiger partial charge in [0.2, 0.25) is 0 Å². The maximum atomic E-state index is 12.1. The third-order valence-electron chi connectivity index (χ3n) is 2.82. The highest BCUT2D eigenvalue weighted by Crippen LogP contribution is 2.22. The second-order valence-electron chi connectivity index (χ2n) is 5.55. The molecule has 0 aliphatic rings. The van der Waals surface area contributed by atoms with Crippen LogP contribution in [0.2, 0.25) is 5.15 Å². The van der Waals surface area contributed by atoms with Crippen molar-refractivity contribution < 1.29 is 4.21 Å². The lowest BCUT2D eigenvalue weighted by atomic mass is 10.1. The maximum Gasteiger partial charge on any atom is 0.145 e. The summed E-state index contributed by atoms with van der Waals surface area (Å²) in [6.45, 7) is 7.55. The Hall–Kier alpha value is -1.26. The highest BCUT2D eigenvalue weighted by Gasteiger charge is 2.19. The van der Waals surface area contributed by atoms with Crippen molar-refractivity contribution in [2.45, 2.75) is 32.4 Å². The first-order valence-corrected chi connectivity index (χ1v) is 7.80. The first-order chi connectivity index (χ1) is 9.29. The first kappa shape index (κ1) is 15.1. The fourth-order valence-electron chi connectivity index (χ4n) is 1.75. The summed E-state index contributed by atoms with van der Waals surface area (Å²) in [7, 11) is -1.29. The van der Waals surface area contributed by atoms with Crippen LogP contribution in [0.15, 0.2) is 34.7 Å². The van der Waals surface area contributed by atoms with Crippen LogP contribution in [-0.4, -0.2) is 19.7 Å². The van der Waals surface area contributed by atoms with Crippen molar-refractivity contribution in [1.29, 1.82) is 0 Å². The third kappa shape index (κ3) is 3.25. The van der Waals surface area contributed by atoms with Gasteiger partial charge in [-0.3, -0.25) is 0 Å². The van der Waals surface area contributed by atoms with E-state index in [0.29, 0.717) is 10.9 Å². The molecule has 1 heterocycles. The van der Waals surface area contributed by atoms with Gasteiger partial charge >= 0.3 is 0 Å². The number of aromatic nitrogens is 1. The van der Waals surface area contributed by atoms with Crippen molar-refractivity contribution in [3.63, 3.8) is 0 Å². The van der Waals surface area contributed by atoms with E-state index in [1.165, 1.54) is 0 Å². The van der Waals surface area contributed by atoms with Crippen molar-refractivity contribution in [1.82, 2.24) is 4.98 Å². The smallest absolute Gasteiger partial charge is 0.145 e. The number of rotatable bonds is 2. The van der Waals surface area contributed by atoms with E-state index in [2.05, 4.69) is 9.38 Å². The molecule has 1 aromatic carbocycles. The number of hydrogen-bond acceptors (Lipinski definition) is 2. The van der Waals surface area contributed by atoms with Crippen LogP contribution in [0.1, 0.15) is 33.3 Å². The Morgan fingerprint density at radius 3 is 2.60 bits per heavy atom. The molecular formula is C15H17ClN2OS. The molecule has 1 unspecified atom stereocenters. The van der Waals surface area contributed by atoms with Crippen molar-refractivity contribution in [2.24, 2.45) is 4.40 Å². The number of halogens is 1. The molecule has 0 saturated heterocycles. The summed E-state index contributed by atoms with van der Waals surface area (Å²) >= 11 is 6.05. The molecule has 0 aliphatic carbocycles. The lowest BCUT2D eigenvalue weighted by molar-refractivity contribution is 0.650. The predicted octanol–water partition coefficient (Wildman–Crippen LogP) is 4.16. The van der Waals surface area contributed by atoms with Gasteiger partial charge in [-0.1, -0.05) is 29.8 Å². The van der Waals surface area contributed by atoms with Gasteiger partial charge in [-0.25, -0.2) is 9.19 Å². The second-order valence-corrected chi connectivity index (χ2v) is 7.84. The molecule has 0 aliphatic heterocycles. The second kappa shape index (κ2) is 5.62. The van der Waals surface area contributed by atoms with E-state index in [1.807, 2.05) is 52.0 Å². The van der Waals surface area contributed by atoms with E-state index in [0.717, 1.165) is 16.5 Å². The van der Waals surface area contributed by atoms with E-state index in [1.54, 1.807) is 6.07 Å². The van der Waals surface area contributed by atoms with Gasteiger partial charge in [0.1, 0.15) is 16.1 Å². The first-order valence-electron chi connectivity index (χ1n) is 6.32. The van der Waals surface area contributed by atoms with Crippen molar-refractivity contribution >= 4 is 39.2 Å². The highest BCUT2D eigenvalue weighted by atomic mass is 35.5. The quantitative estimate of drug-likeness (QED) is 0.617. The minimum Gasteiger partial charge on any atom is -0.236 e. The zero-order valence-corrected chi connectivity index (χ0v) is 13.5. The predicted molar refractivity (Wildman–Crippen MR) is 86.9 cm³/mol. The fraction of sp³-hybridized carbons (Fsp3) is 0.333. The third-order valence-corrected chi connectivity index (χ3v) is 4.50. The molecule has 0 spiro atoms. The summed E-state index contributed by atoms with van der Waals surface area (Å²) in [6, 6.07) is 9.49. The van der Waals surface area contributed by atoms with Gasteiger partial charge in [0.15, 0.2) is 0 Å². The van der Waals surface area contributed by atoms with Crippen molar-refractivity contribution in [3.05, 3.63) is 41.0 Å². The van der Waals surface area contributed by atoms with Crippen LogP contribution in [0.25, 0.3) is 10.9 Å². The average Bonchev–Trinajstić information content (AvgIpc) is 2.36. The van der Waals surface area contributed by atoms with Gasteiger partial charge < -0.3 is 0 Å². The lowest BCUT2D eigenvalue weighted by Gasteiger charge is -2.14. The summed E-state index contributed by atoms with van der Waals surface area (Å²) in [5.41, 5.74) is 2.39. The molecule has 2 aromatic rings. The zero-order chi connectivity index (χ0) is 14.9. The molecular weight excluding hydrogens is 292 g/mol. The van der Waals surface area contributed by atoms with Crippen molar-refractivity contribution in [2.75, 3.05) is 0 Å². The fourth-order valence-corrected chi connectivity index (χ4v) is 2.57. The van der Waals surface area contributed by atoms with Gasteiger partial charge in [-0.2, -0.15) is 4.40 Å². The standard InChI is InChI=1S/C15H17ClN2OS/c1-10(18-20(19)15(2,3)4)12-9-14(16)17-13-8-6-5-7-11(12)13/h5-9H,1-4H3. The number of hydrogen-bond donors (Lipinski definition) is 0. The Kier molecular flexibility index (Phi) is 4.25. The minimum atomic E-state index is -1.29. The molecule has 0 fully saturated rings. The molecule has 106 valence electrons. The summed E-state index contributed by atoms with van der Waals surface area (Å²) in [5, 5.41) is 1.37. The van der Waals surface area contributed by atoms with E-state index in [9.17, 15) is 4.21 Å². The molecule has 2 rings (SSSR count). The summed E-state index contributed by atoms with van der Waals surface area (Å²) in [5.74, 6) is 0. The van der Waals surface area contributed by atoms with Crippen LogP contribution in [0.3, 0.4) is 0 Å². The topological polar surface area (TPSA) is 42.3 Å². The number of para-hydroxylation sites is 1. The van der Waals surface area contributed by atoms with E-state index < -0.39 is 11.0 Å². The zero-order valence-electron chi connectivity index (χ0n) is 12.0. The van der Waals surface area contributed by atoms with Gasteiger partial charge in [-0.15, -0.1) is 0 Å². The summed E-state index contributed by atoms with van der Waals surface area (Å²) in [6.07, 6.45) is 0.